The summed E-state index contributed by atoms with van der Waals surface area (Å²) < 4.78 is 6.49. The molecule has 1 spiro atoms. The second kappa shape index (κ2) is 6.50. The molecular weight excluding hydrogens is 258 g/mol. The first-order valence-corrected chi connectivity index (χ1v) is 8.67. The Morgan fingerprint density at radius 1 is 1.14 bits per heavy atom. The molecule has 21 heavy (non-hydrogen) atoms. The summed E-state index contributed by atoms with van der Waals surface area (Å²) in [6.07, 6.45) is 10.7. The topological polar surface area (TPSA) is 35.2 Å². The second-order valence-electron chi connectivity index (χ2n) is 7.17. The van der Waals surface area contributed by atoms with E-state index in [9.17, 15) is 0 Å². The maximum atomic E-state index is 6.49. The van der Waals surface area contributed by atoms with Gasteiger partial charge in [-0.25, -0.2) is 0 Å². The Morgan fingerprint density at radius 3 is 2.57 bits per heavy atom. The first-order chi connectivity index (χ1) is 10.2. The fourth-order valence-electron chi connectivity index (χ4n) is 4.19. The Labute approximate surface area is 129 Å². The van der Waals surface area contributed by atoms with Crippen molar-refractivity contribution >= 4 is 0 Å². The lowest BCUT2D eigenvalue weighted by Gasteiger charge is -2.34. The highest BCUT2D eigenvalue weighted by Crippen LogP contribution is 2.43. The first kappa shape index (κ1) is 15.1. The monoisotopic (exact) mass is 287 g/mol. The Morgan fingerprint density at radius 2 is 1.86 bits per heavy atom. The van der Waals surface area contributed by atoms with Crippen LogP contribution in [-0.4, -0.2) is 11.7 Å². The first-order valence-electron chi connectivity index (χ1n) is 8.67. The molecule has 2 aliphatic rings. The zero-order valence-electron chi connectivity index (χ0n) is 13.3. The number of rotatable bonds is 4. The number of ether oxygens (including phenoxy) is 1. The normalized spacial score (nSPS) is 27.6. The standard InChI is InChI=1S/C19H29NO/c1-15(18(20)16-8-4-2-5-9-16)14-17-10-13-19(21-17)11-6-3-7-12-19/h2,4-5,8-9,15,17-18H,3,6-7,10-14,20H2,1H3. The van der Waals surface area contributed by atoms with Crippen molar-refractivity contribution in [2.45, 2.75) is 76.0 Å². The van der Waals surface area contributed by atoms with Crippen molar-refractivity contribution < 1.29 is 4.74 Å². The van der Waals surface area contributed by atoms with E-state index in [1.54, 1.807) is 0 Å². The minimum atomic E-state index is 0.123. The maximum Gasteiger partial charge on any atom is 0.0687 e. The van der Waals surface area contributed by atoms with Gasteiger partial charge in [-0.3, -0.25) is 0 Å². The van der Waals surface area contributed by atoms with Crippen molar-refractivity contribution in [3.63, 3.8) is 0 Å². The van der Waals surface area contributed by atoms with Gasteiger partial charge < -0.3 is 10.5 Å². The van der Waals surface area contributed by atoms with E-state index in [2.05, 4.69) is 31.2 Å². The molecule has 3 atom stereocenters. The van der Waals surface area contributed by atoms with Crippen molar-refractivity contribution in [3.8, 4) is 0 Å². The highest BCUT2D eigenvalue weighted by atomic mass is 16.5. The Hall–Kier alpha value is -0.860. The molecule has 2 N–H and O–H groups in total. The second-order valence-corrected chi connectivity index (χ2v) is 7.17. The van der Waals surface area contributed by atoms with Gasteiger partial charge in [-0.05, 0) is 43.6 Å². The highest BCUT2D eigenvalue weighted by molar-refractivity contribution is 5.19. The lowest BCUT2D eigenvalue weighted by atomic mass is 9.83. The summed E-state index contributed by atoms with van der Waals surface area (Å²) in [5, 5.41) is 0. The summed E-state index contributed by atoms with van der Waals surface area (Å²) in [5.74, 6) is 0.469. The molecule has 3 unspecified atom stereocenters. The molecule has 1 aliphatic carbocycles. The number of hydrogen-bond donors (Lipinski definition) is 1. The summed E-state index contributed by atoms with van der Waals surface area (Å²) in [6, 6.07) is 10.6. The molecule has 1 saturated heterocycles. The maximum absolute atomic E-state index is 6.49. The predicted molar refractivity (Wildman–Crippen MR) is 87.1 cm³/mol. The van der Waals surface area contributed by atoms with Crippen molar-refractivity contribution in [3.05, 3.63) is 35.9 Å². The number of hydrogen-bond acceptors (Lipinski definition) is 2. The molecule has 2 fully saturated rings. The zero-order chi connectivity index (χ0) is 14.7. The molecule has 116 valence electrons. The molecule has 0 aromatic heterocycles. The summed E-state index contributed by atoms with van der Waals surface area (Å²) in [4.78, 5) is 0. The molecule has 0 bridgehead atoms. The van der Waals surface area contributed by atoms with Crippen LogP contribution in [0.2, 0.25) is 0 Å². The third kappa shape index (κ3) is 3.49. The minimum Gasteiger partial charge on any atom is -0.372 e. The number of benzene rings is 1. The van der Waals surface area contributed by atoms with Gasteiger partial charge in [-0.1, -0.05) is 56.5 Å². The highest BCUT2D eigenvalue weighted by Gasteiger charge is 2.41. The molecule has 0 amide bonds. The fourth-order valence-corrected chi connectivity index (χ4v) is 4.19. The minimum absolute atomic E-state index is 0.123. The van der Waals surface area contributed by atoms with Gasteiger partial charge >= 0.3 is 0 Å². The predicted octanol–water partition coefficient (Wildman–Crippen LogP) is 4.59. The molecule has 0 radical (unpaired) electrons. The van der Waals surface area contributed by atoms with E-state index >= 15 is 0 Å². The van der Waals surface area contributed by atoms with Gasteiger partial charge in [0.1, 0.15) is 0 Å². The van der Waals surface area contributed by atoms with Crippen LogP contribution in [0.3, 0.4) is 0 Å². The molecule has 2 nitrogen and oxygen atoms in total. The van der Waals surface area contributed by atoms with Crippen LogP contribution in [0.1, 0.15) is 69.9 Å². The van der Waals surface area contributed by atoms with Gasteiger partial charge in [-0.2, -0.15) is 0 Å². The molecule has 1 aliphatic heterocycles. The Bertz CT molecular complexity index is 438. The molecule has 3 rings (SSSR count). The van der Waals surface area contributed by atoms with E-state index in [0.29, 0.717) is 12.0 Å². The molecular formula is C19H29NO. The van der Waals surface area contributed by atoms with Crippen molar-refractivity contribution in [2.75, 3.05) is 0 Å². The van der Waals surface area contributed by atoms with Crippen LogP contribution in [0.5, 0.6) is 0 Å². The van der Waals surface area contributed by atoms with E-state index in [1.807, 2.05) is 6.07 Å². The van der Waals surface area contributed by atoms with Crippen LogP contribution >= 0.6 is 0 Å². The lowest BCUT2D eigenvalue weighted by Crippen LogP contribution is -2.32. The molecule has 1 saturated carbocycles. The van der Waals surface area contributed by atoms with Crippen LogP contribution in [0.25, 0.3) is 0 Å². The van der Waals surface area contributed by atoms with Crippen LogP contribution in [-0.2, 0) is 4.74 Å². The third-order valence-corrected chi connectivity index (χ3v) is 5.54. The van der Waals surface area contributed by atoms with Crippen LogP contribution in [0.15, 0.2) is 30.3 Å². The van der Waals surface area contributed by atoms with E-state index in [4.69, 9.17) is 10.5 Å². The summed E-state index contributed by atoms with van der Waals surface area (Å²) in [7, 11) is 0. The van der Waals surface area contributed by atoms with E-state index in [1.165, 1.54) is 50.5 Å². The molecule has 1 heterocycles. The SMILES string of the molecule is CC(CC1CCC2(CCCCC2)O1)C(N)c1ccccc1. The van der Waals surface area contributed by atoms with Gasteiger partial charge in [0.15, 0.2) is 0 Å². The van der Waals surface area contributed by atoms with Crippen molar-refractivity contribution in [2.24, 2.45) is 11.7 Å². The van der Waals surface area contributed by atoms with Crippen molar-refractivity contribution in [1.82, 2.24) is 0 Å². The molecule has 1 aromatic carbocycles. The summed E-state index contributed by atoms with van der Waals surface area (Å²) >= 11 is 0. The average Bonchev–Trinajstić information content (AvgIpc) is 2.90. The summed E-state index contributed by atoms with van der Waals surface area (Å²) in [5.41, 5.74) is 7.91. The third-order valence-electron chi connectivity index (χ3n) is 5.54. The Balaban J connectivity index is 1.55. The lowest BCUT2D eigenvalue weighted by molar-refractivity contribution is -0.0700. The van der Waals surface area contributed by atoms with E-state index < -0.39 is 0 Å². The summed E-state index contributed by atoms with van der Waals surface area (Å²) in [6.45, 7) is 2.27. The van der Waals surface area contributed by atoms with Gasteiger partial charge in [0, 0.05) is 6.04 Å². The van der Waals surface area contributed by atoms with Gasteiger partial charge in [0.2, 0.25) is 0 Å². The Kier molecular flexibility index (Phi) is 4.66. The van der Waals surface area contributed by atoms with E-state index in [0.717, 1.165) is 6.42 Å². The average molecular weight is 287 g/mol. The van der Waals surface area contributed by atoms with Crippen LogP contribution in [0.4, 0.5) is 0 Å². The van der Waals surface area contributed by atoms with Gasteiger partial charge in [-0.15, -0.1) is 0 Å². The smallest absolute Gasteiger partial charge is 0.0687 e. The molecule has 2 heteroatoms. The van der Waals surface area contributed by atoms with Gasteiger partial charge in [0.25, 0.3) is 0 Å². The van der Waals surface area contributed by atoms with Crippen LogP contribution < -0.4 is 5.73 Å². The fraction of sp³-hybridized carbons (Fsp3) is 0.684. The molecule has 1 aromatic rings. The van der Waals surface area contributed by atoms with Gasteiger partial charge in [0.05, 0.1) is 11.7 Å². The largest absolute Gasteiger partial charge is 0.372 e. The van der Waals surface area contributed by atoms with Crippen LogP contribution in [0, 0.1) is 5.92 Å². The zero-order valence-corrected chi connectivity index (χ0v) is 13.3. The quantitative estimate of drug-likeness (QED) is 0.878. The van der Waals surface area contributed by atoms with Crippen molar-refractivity contribution in [1.29, 1.82) is 0 Å². The van der Waals surface area contributed by atoms with E-state index in [-0.39, 0.29) is 11.6 Å². The number of nitrogens with two attached hydrogens (primary N) is 1.